The molecule has 0 unspecified atom stereocenters. The Hall–Kier alpha value is -1.55. The number of imide groups is 1. The summed E-state index contributed by atoms with van der Waals surface area (Å²) in [6, 6.07) is 5.33. The minimum atomic E-state index is -1.22. The Morgan fingerprint density at radius 2 is 2.19 bits per heavy atom. The third kappa shape index (κ3) is 3.56. The van der Waals surface area contributed by atoms with Crippen LogP contribution in [0.1, 0.15) is 5.56 Å². The predicted molar refractivity (Wildman–Crippen MR) is 86.0 cm³/mol. The number of carbonyl (C=O) groups is 3. The van der Waals surface area contributed by atoms with Gasteiger partial charge < -0.3 is 9.84 Å². The van der Waals surface area contributed by atoms with E-state index in [0.717, 1.165) is 20.9 Å². The van der Waals surface area contributed by atoms with Gasteiger partial charge in [0.15, 0.2) is 0 Å². The van der Waals surface area contributed by atoms with Crippen LogP contribution < -0.4 is 4.74 Å². The van der Waals surface area contributed by atoms with E-state index in [-0.39, 0.29) is 4.91 Å². The molecule has 0 spiro atoms. The van der Waals surface area contributed by atoms with Crippen molar-refractivity contribution in [2.75, 3.05) is 13.7 Å². The summed E-state index contributed by atoms with van der Waals surface area (Å²) in [5.74, 6) is -1.09. The van der Waals surface area contributed by atoms with Crippen molar-refractivity contribution in [3.05, 3.63) is 32.2 Å². The molecule has 1 aromatic carbocycles. The molecule has 8 heteroatoms. The second kappa shape index (κ2) is 6.48. The number of carboxylic acids is 1. The number of nitrogens with zero attached hydrogens (tertiary/aromatic N) is 1. The lowest BCUT2D eigenvalue weighted by Crippen LogP contribution is -2.33. The topological polar surface area (TPSA) is 83.9 Å². The maximum absolute atomic E-state index is 12.0. The smallest absolute Gasteiger partial charge is 0.323 e. The Kier molecular flexibility index (Phi) is 4.88. The molecule has 0 radical (unpaired) electrons. The average Bonchev–Trinajstić information content (AvgIpc) is 2.66. The largest absolute Gasteiger partial charge is 0.496 e. The first-order valence-corrected chi connectivity index (χ1v) is 7.62. The van der Waals surface area contributed by atoms with E-state index in [1.807, 2.05) is 6.07 Å². The average molecular weight is 419 g/mol. The number of thioether (sulfide) groups is 1. The summed E-state index contributed by atoms with van der Waals surface area (Å²) in [6.07, 6.45) is 1.56. The number of halogens is 1. The van der Waals surface area contributed by atoms with Crippen LogP contribution in [0.3, 0.4) is 0 Å². The quantitative estimate of drug-likeness (QED) is 0.596. The Morgan fingerprint density at radius 1 is 1.48 bits per heavy atom. The molecule has 21 heavy (non-hydrogen) atoms. The molecule has 2 rings (SSSR count). The molecular formula is C13H10INO5S. The first-order chi connectivity index (χ1) is 9.92. The van der Waals surface area contributed by atoms with Gasteiger partial charge in [-0.1, -0.05) is 6.07 Å². The lowest BCUT2D eigenvalue weighted by molar-refractivity contribution is -0.140. The zero-order valence-corrected chi connectivity index (χ0v) is 13.8. The highest BCUT2D eigenvalue weighted by Crippen LogP contribution is 2.32. The lowest BCUT2D eigenvalue weighted by Gasteiger charge is -2.07. The van der Waals surface area contributed by atoms with Crippen molar-refractivity contribution in [1.82, 2.24) is 4.90 Å². The highest BCUT2D eigenvalue weighted by atomic mass is 127. The first kappa shape index (κ1) is 15.8. The van der Waals surface area contributed by atoms with Crippen molar-refractivity contribution in [3.8, 4) is 5.75 Å². The van der Waals surface area contributed by atoms with Gasteiger partial charge in [-0.2, -0.15) is 0 Å². The molecular weight excluding hydrogens is 409 g/mol. The summed E-state index contributed by atoms with van der Waals surface area (Å²) in [6.45, 7) is -0.623. The second-order valence-electron chi connectivity index (χ2n) is 4.06. The fraction of sp³-hybridized carbons (Fsp3) is 0.154. The van der Waals surface area contributed by atoms with Crippen LogP contribution in [0.2, 0.25) is 0 Å². The van der Waals surface area contributed by atoms with E-state index >= 15 is 0 Å². The number of carboxylic acid groups (broad SMARTS) is 1. The molecule has 0 aromatic heterocycles. The molecule has 1 saturated heterocycles. The van der Waals surface area contributed by atoms with Crippen LogP contribution in [0.4, 0.5) is 4.79 Å². The molecule has 1 fully saturated rings. The zero-order chi connectivity index (χ0) is 15.6. The number of ether oxygens (including phenoxy) is 1. The number of carbonyl (C=O) groups excluding carboxylic acids is 2. The van der Waals surface area contributed by atoms with E-state index < -0.39 is 23.7 Å². The molecule has 0 saturated carbocycles. The SMILES string of the molecule is COc1ccc(/C=C2/SC(=O)N(CC(=O)O)C2=O)cc1I. The van der Waals surface area contributed by atoms with E-state index in [0.29, 0.717) is 10.6 Å². The monoisotopic (exact) mass is 419 g/mol. The van der Waals surface area contributed by atoms with Crippen molar-refractivity contribution >= 4 is 57.5 Å². The highest BCUT2D eigenvalue weighted by Gasteiger charge is 2.36. The summed E-state index contributed by atoms with van der Waals surface area (Å²) in [5.41, 5.74) is 0.737. The van der Waals surface area contributed by atoms with Crippen LogP contribution in [0.25, 0.3) is 6.08 Å². The number of rotatable bonds is 4. The maximum atomic E-state index is 12.0. The van der Waals surface area contributed by atoms with Crippen LogP contribution in [-0.4, -0.2) is 40.8 Å². The van der Waals surface area contributed by atoms with Gasteiger partial charge >= 0.3 is 5.97 Å². The fourth-order valence-corrected chi connectivity index (χ4v) is 3.29. The normalized spacial score (nSPS) is 16.7. The van der Waals surface area contributed by atoms with Gasteiger partial charge in [0.1, 0.15) is 12.3 Å². The van der Waals surface area contributed by atoms with Crippen molar-refractivity contribution < 1.29 is 24.2 Å². The standard InChI is InChI=1S/C13H10INO5S/c1-20-9-3-2-7(4-8(9)14)5-10-12(18)15(6-11(16)17)13(19)21-10/h2-5H,6H2,1H3,(H,16,17)/b10-5+. The number of hydrogen-bond acceptors (Lipinski definition) is 5. The van der Waals surface area contributed by atoms with E-state index in [1.165, 1.54) is 0 Å². The Labute approximate surface area is 138 Å². The van der Waals surface area contributed by atoms with Gasteiger partial charge in [-0.05, 0) is 58.1 Å². The van der Waals surface area contributed by atoms with Gasteiger partial charge in [-0.3, -0.25) is 19.3 Å². The summed E-state index contributed by atoms with van der Waals surface area (Å²) in [5, 5.41) is 8.12. The van der Waals surface area contributed by atoms with Crippen molar-refractivity contribution in [2.45, 2.75) is 0 Å². The molecule has 0 aliphatic carbocycles. The van der Waals surface area contributed by atoms with Gasteiger partial charge in [0.25, 0.3) is 11.1 Å². The Bertz CT molecular complexity index is 658. The number of amides is 2. The molecule has 1 aliphatic rings. The minimum absolute atomic E-state index is 0.210. The van der Waals surface area contributed by atoms with Crippen LogP contribution in [0, 0.1) is 3.57 Å². The van der Waals surface area contributed by atoms with Gasteiger partial charge in [0.2, 0.25) is 0 Å². The van der Waals surface area contributed by atoms with E-state index in [1.54, 1.807) is 25.3 Å². The number of benzene rings is 1. The van der Waals surface area contributed by atoms with E-state index in [4.69, 9.17) is 9.84 Å². The van der Waals surface area contributed by atoms with E-state index in [2.05, 4.69) is 22.6 Å². The molecule has 110 valence electrons. The van der Waals surface area contributed by atoms with E-state index in [9.17, 15) is 14.4 Å². The summed E-state index contributed by atoms with van der Waals surface area (Å²) in [7, 11) is 1.56. The molecule has 6 nitrogen and oxygen atoms in total. The number of aliphatic carboxylic acids is 1. The van der Waals surface area contributed by atoms with Crippen LogP contribution in [-0.2, 0) is 9.59 Å². The van der Waals surface area contributed by atoms with Crippen molar-refractivity contribution in [1.29, 1.82) is 0 Å². The molecule has 1 aromatic rings. The van der Waals surface area contributed by atoms with Gasteiger partial charge in [0.05, 0.1) is 15.6 Å². The first-order valence-electron chi connectivity index (χ1n) is 5.73. The van der Waals surface area contributed by atoms with Crippen molar-refractivity contribution in [3.63, 3.8) is 0 Å². The van der Waals surface area contributed by atoms with Crippen LogP contribution >= 0.6 is 34.4 Å². The zero-order valence-electron chi connectivity index (χ0n) is 10.8. The molecule has 1 N–H and O–H groups in total. The molecule has 1 heterocycles. The predicted octanol–water partition coefficient (Wildman–Crippen LogP) is 2.42. The summed E-state index contributed by atoms with van der Waals surface area (Å²) in [4.78, 5) is 35.2. The van der Waals surface area contributed by atoms with Crippen LogP contribution in [0.5, 0.6) is 5.75 Å². The Morgan fingerprint density at radius 3 is 2.76 bits per heavy atom. The molecule has 2 amide bonds. The van der Waals surface area contributed by atoms with Gasteiger partial charge in [0, 0.05) is 0 Å². The van der Waals surface area contributed by atoms with Gasteiger partial charge in [-0.25, -0.2) is 0 Å². The minimum Gasteiger partial charge on any atom is -0.496 e. The third-order valence-corrected chi connectivity index (χ3v) is 4.39. The summed E-state index contributed by atoms with van der Waals surface area (Å²) < 4.78 is 6.01. The summed E-state index contributed by atoms with van der Waals surface area (Å²) >= 11 is 2.84. The number of hydrogen-bond donors (Lipinski definition) is 1. The van der Waals surface area contributed by atoms with Crippen LogP contribution in [0.15, 0.2) is 23.1 Å². The highest BCUT2D eigenvalue weighted by molar-refractivity contribution is 14.1. The Balaban J connectivity index is 2.26. The molecule has 0 bridgehead atoms. The fourth-order valence-electron chi connectivity index (χ4n) is 1.70. The molecule has 1 aliphatic heterocycles. The lowest BCUT2D eigenvalue weighted by atomic mass is 10.2. The molecule has 0 atom stereocenters. The third-order valence-electron chi connectivity index (χ3n) is 2.64. The second-order valence-corrected chi connectivity index (χ2v) is 6.21. The van der Waals surface area contributed by atoms with Gasteiger partial charge in [-0.15, -0.1) is 0 Å². The maximum Gasteiger partial charge on any atom is 0.323 e. The van der Waals surface area contributed by atoms with Crippen molar-refractivity contribution in [2.24, 2.45) is 0 Å². The number of methoxy groups -OCH3 is 1.